The van der Waals surface area contributed by atoms with Crippen LogP contribution in [0.5, 0.6) is 5.75 Å². The Morgan fingerprint density at radius 1 is 1.17 bits per heavy atom. The maximum atomic E-state index is 12.3. The molecule has 1 atom stereocenters. The minimum atomic E-state index is -0.000923. The molecule has 1 amide bonds. The Balaban J connectivity index is 1.97. The van der Waals surface area contributed by atoms with Crippen molar-refractivity contribution in [2.75, 3.05) is 25.5 Å². The van der Waals surface area contributed by atoms with Crippen molar-refractivity contribution in [1.29, 1.82) is 0 Å². The molecule has 0 radical (unpaired) electrons. The third-order valence-corrected chi connectivity index (χ3v) is 3.83. The number of hydrogen-bond donors (Lipinski definition) is 2. The van der Waals surface area contributed by atoms with Gasteiger partial charge in [-0.05, 0) is 26.0 Å². The van der Waals surface area contributed by atoms with Crippen molar-refractivity contribution >= 4 is 11.6 Å². The summed E-state index contributed by atoms with van der Waals surface area (Å²) in [6, 6.07) is 15.9. The molecular formula is C19H25N2O2+. The third-order valence-electron chi connectivity index (χ3n) is 3.83. The first-order chi connectivity index (χ1) is 11.1. The number of anilines is 1. The summed E-state index contributed by atoms with van der Waals surface area (Å²) in [6.07, 6.45) is 0. The van der Waals surface area contributed by atoms with Crippen molar-refractivity contribution < 1.29 is 14.4 Å². The summed E-state index contributed by atoms with van der Waals surface area (Å²) in [5.74, 6) is 0.677. The molecule has 122 valence electrons. The van der Waals surface area contributed by atoms with Gasteiger partial charge in [0.05, 0.1) is 19.3 Å². The van der Waals surface area contributed by atoms with Crippen LogP contribution >= 0.6 is 0 Å². The summed E-state index contributed by atoms with van der Waals surface area (Å²) in [6.45, 7) is 6.36. The lowest BCUT2D eigenvalue weighted by Gasteiger charge is -2.18. The molecule has 0 aromatic heterocycles. The molecule has 0 heterocycles. The fourth-order valence-electron chi connectivity index (χ4n) is 2.59. The number of methoxy groups -OCH3 is 1. The highest BCUT2D eigenvalue weighted by Crippen LogP contribution is 2.22. The number of carbonyl (C=O) groups excluding carboxylic acids is 1. The van der Waals surface area contributed by atoms with Crippen LogP contribution in [0.25, 0.3) is 0 Å². The van der Waals surface area contributed by atoms with Crippen molar-refractivity contribution in [3.8, 4) is 5.75 Å². The highest BCUT2D eigenvalue weighted by molar-refractivity contribution is 5.92. The number of para-hydroxylation sites is 2. The van der Waals surface area contributed by atoms with Gasteiger partial charge >= 0.3 is 0 Å². The molecule has 0 fully saturated rings. The second kappa shape index (κ2) is 8.34. The van der Waals surface area contributed by atoms with E-state index in [1.807, 2.05) is 24.3 Å². The van der Waals surface area contributed by atoms with E-state index in [1.165, 1.54) is 16.0 Å². The SMILES string of the molecule is CC[NH+](CC(=O)Nc1ccccc1OC)Cc1cccc(C)c1. The van der Waals surface area contributed by atoms with Crippen molar-refractivity contribution in [2.24, 2.45) is 0 Å². The molecule has 2 rings (SSSR count). The first-order valence-electron chi connectivity index (χ1n) is 7.94. The second-order valence-electron chi connectivity index (χ2n) is 5.69. The summed E-state index contributed by atoms with van der Waals surface area (Å²) in [7, 11) is 1.60. The van der Waals surface area contributed by atoms with Gasteiger partial charge in [0, 0.05) is 5.56 Å². The monoisotopic (exact) mass is 313 g/mol. The van der Waals surface area contributed by atoms with Crippen LogP contribution in [0.15, 0.2) is 48.5 Å². The van der Waals surface area contributed by atoms with Crippen LogP contribution in [0.4, 0.5) is 5.69 Å². The second-order valence-corrected chi connectivity index (χ2v) is 5.69. The number of quaternary nitrogens is 1. The quantitative estimate of drug-likeness (QED) is 0.821. The molecule has 2 aromatic rings. The third kappa shape index (κ3) is 5.11. The standard InChI is InChI=1S/C19H24N2O2/c1-4-21(13-16-9-7-8-15(2)12-16)14-19(22)20-17-10-5-6-11-18(17)23-3/h5-12H,4,13-14H2,1-3H3,(H,20,22)/p+1. The number of carbonyl (C=O) groups is 1. The lowest BCUT2D eigenvalue weighted by molar-refractivity contribution is -0.903. The van der Waals surface area contributed by atoms with Crippen molar-refractivity contribution in [3.63, 3.8) is 0 Å². The first kappa shape index (κ1) is 17.0. The zero-order chi connectivity index (χ0) is 16.7. The van der Waals surface area contributed by atoms with Crippen LogP contribution in [0.2, 0.25) is 0 Å². The highest BCUT2D eigenvalue weighted by atomic mass is 16.5. The summed E-state index contributed by atoms with van der Waals surface area (Å²) >= 11 is 0. The summed E-state index contributed by atoms with van der Waals surface area (Å²) in [4.78, 5) is 13.5. The minimum Gasteiger partial charge on any atom is -0.495 e. The van der Waals surface area contributed by atoms with Gasteiger partial charge in [0.1, 0.15) is 12.3 Å². The maximum absolute atomic E-state index is 12.3. The van der Waals surface area contributed by atoms with Crippen LogP contribution in [0.1, 0.15) is 18.1 Å². The fraction of sp³-hybridized carbons (Fsp3) is 0.316. The van der Waals surface area contributed by atoms with Crippen LogP contribution in [-0.2, 0) is 11.3 Å². The van der Waals surface area contributed by atoms with E-state index in [1.54, 1.807) is 7.11 Å². The van der Waals surface area contributed by atoms with Gasteiger partial charge in [-0.25, -0.2) is 0 Å². The van der Waals surface area contributed by atoms with Crippen LogP contribution in [0, 0.1) is 6.92 Å². The van der Waals surface area contributed by atoms with Gasteiger partial charge in [-0.15, -0.1) is 0 Å². The molecule has 4 heteroatoms. The van der Waals surface area contributed by atoms with E-state index in [2.05, 4.69) is 43.4 Å². The molecule has 4 nitrogen and oxygen atoms in total. The fourth-order valence-corrected chi connectivity index (χ4v) is 2.59. The van der Waals surface area contributed by atoms with Gasteiger partial charge in [0.2, 0.25) is 0 Å². The van der Waals surface area contributed by atoms with E-state index in [0.717, 1.165) is 13.1 Å². The summed E-state index contributed by atoms with van der Waals surface area (Å²) in [5.41, 5.74) is 3.22. The Labute approximate surface area is 138 Å². The average molecular weight is 313 g/mol. The molecular weight excluding hydrogens is 288 g/mol. The molecule has 0 bridgehead atoms. The minimum absolute atomic E-state index is 0.000923. The van der Waals surface area contributed by atoms with Gasteiger partial charge in [-0.3, -0.25) is 4.79 Å². The molecule has 2 N–H and O–H groups in total. The highest BCUT2D eigenvalue weighted by Gasteiger charge is 2.14. The Morgan fingerprint density at radius 2 is 1.96 bits per heavy atom. The molecule has 23 heavy (non-hydrogen) atoms. The largest absolute Gasteiger partial charge is 0.495 e. The number of hydrogen-bond acceptors (Lipinski definition) is 2. The van der Waals surface area contributed by atoms with E-state index in [0.29, 0.717) is 18.0 Å². The molecule has 0 saturated carbocycles. The topological polar surface area (TPSA) is 42.8 Å². The van der Waals surface area contributed by atoms with E-state index < -0.39 is 0 Å². The van der Waals surface area contributed by atoms with Crippen LogP contribution in [0.3, 0.4) is 0 Å². The van der Waals surface area contributed by atoms with E-state index >= 15 is 0 Å². The molecule has 0 aliphatic carbocycles. The van der Waals surface area contributed by atoms with Crippen molar-refractivity contribution in [3.05, 3.63) is 59.7 Å². The number of rotatable bonds is 7. The zero-order valence-electron chi connectivity index (χ0n) is 14.1. The number of amides is 1. The average Bonchev–Trinajstić information content (AvgIpc) is 2.54. The lowest BCUT2D eigenvalue weighted by atomic mass is 10.1. The van der Waals surface area contributed by atoms with Crippen molar-refractivity contribution in [1.82, 2.24) is 0 Å². The number of aryl methyl sites for hydroxylation is 1. The molecule has 1 unspecified atom stereocenters. The Bertz CT molecular complexity index is 655. The van der Waals surface area contributed by atoms with E-state index in [4.69, 9.17) is 4.74 Å². The molecule has 2 aromatic carbocycles. The van der Waals surface area contributed by atoms with Gasteiger partial charge in [0.15, 0.2) is 6.54 Å². The van der Waals surface area contributed by atoms with Gasteiger partial charge in [-0.1, -0.05) is 42.0 Å². The zero-order valence-corrected chi connectivity index (χ0v) is 14.1. The van der Waals surface area contributed by atoms with Gasteiger partial charge in [0.25, 0.3) is 5.91 Å². The predicted molar refractivity (Wildman–Crippen MR) is 92.9 cm³/mol. The summed E-state index contributed by atoms with van der Waals surface area (Å²) < 4.78 is 5.26. The smallest absolute Gasteiger partial charge is 0.279 e. The number of likely N-dealkylation sites (N-methyl/N-ethyl adjacent to an activating group) is 1. The van der Waals surface area contributed by atoms with Gasteiger partial charge in [-0.2, -0.15) is 0 Å². The molecule has 0 saturated heterocycles. The normalized spacial score (nSPS) is 11.8. The number of nitrogens with one attached hydrogen (secondary N) is 2. The van der Waals surface area contributed by atoms with Crippen LogP contribution < -0.4 is 15.0 Å². The molecule has 0 aliphatic rings. The molecule has 0 aliphatic heterocycles. The molecule has 0 spiro atoms. The van der Waals surface area contributed by atoms with Crippen molar-refractivity contribution in [2.45, 2.75) is 20.4 Å². The lowest BCUT2D eigenvalue weighted by Crippen LogP contribution is -3.11. The van der Waals surface area contributed by atoms with Gasteiger partial charge < -0.3 is 15.0 Å². The van der Waals surface area contributed by atoms with E-state index in [9.17, 15) is 4.79 Å². The Kier molecular flexibility index (Phi) is 6.18. The Morgan fingerprint density at radius 3 is 2.65 bits per heavy atom. The number of ether oxygens (including phenoxy) is 1. The predicted octanol–water partition coefficient (Wildman–Crippen LogP) is 2.05. The summed E-state index contributed by atoms with van der Waals surface area (Å²) in [5, 5.41) is 2.94. The maximum Gasteiger partial charge on any atom is 0.279 e. The van der Waals surface area contributed by atoms with E-state index in [-0.39, 0.29) is 5.91 Å². The number of benzene rings is 2. The Hall–Kier alpha value is -2.33. The first-order valence-corrected chi connectivity index (χ1v) is 7.94. The van der Waals surface area contributed by atoms with Crippen LogP contribution in [-0.4, -0.2) is 26.1 Å².